The molecule has 0 unspecified atom stereocenters. The lowest BCUT2D eigenvalue weighted by Crippen LogP contribution is -2.62. The second-order valence-corrected chi connectivity index (χ2v) is 11.0. The Balaban J connectivity index is 1.54. The monoisotopic (exact) mass is 521 g/mol. The first kappa shape index (κ1) is 25.9. The number of ether oxygens (including phenoxy) is 1. The van der Waals surface area contributed by atoms with Crippen molar-refractivity contribution in [1.29, 1.82) is 0 Å². The molecule has 2 saturated heterocycles. The molecule has 14 heteroatoms. The van der Waals surface area contributed by atoms with Gasteiger partial charge in [0.05, 0.1) is 22.4 Å². The van der Waals surface area contributed by atoms with Crippen LogP contribution in [0, 0.1) is 27.9 Å². The number of nitrogens with two attached hydrogens (primary N) is 1. The van der Waals surface area contributed by atoms with Crippen molar-refractivity contribution in [3.8, 4) is 0 Å². The normalized spacial score (nSPS) is 24.4. The lowest BCUT2D eigenvalue weighted by atomic mass is 9.74. The lowest BCUT2D eigenvalue weighted by Gasteiger charge is -2.47. The molecule has 0 saturated carbocycles. The largest absolute Gasteiger partial charge is 0.385 e. The number of nitro groups is 1. The number of likely N-dealkylation sites (tertiary alicyclic amines) is 1. The molecule has 3 heterocycles. The zero-order valence-corrected chi connectivity index (χ0v) is 20.7. The molecule has 4 rings (SSSR count). The molecule has 0 spiro atoms. The fourth-order valence-electron chi connectivity index (χ4n) is 5.19. The van der Waals surface area contributed by atoms with Crippen molar-refractivity contribution < 1.29 is 32.5 Å². The third kappa shape index (κ3) is 4.76. The van der Waals surface area contributed by atoms with Gasteiger partial charge in [-0.15, -0.1) is 0 Å². The third-order valence-electron chi connectivity index (χ3n) is 6.89. The van der Waals surface area contributed by atoms with Crippen LogP contribution in [0.1, 0.15) is 31.1 Å². The van der Waals surface area contributed by atoms with Crippen molar-refractivity contribution in [3.63, 3.8) is 0 Å². The van der Waals surface area contributed by atoms with E-state index in [4.69, 9.17) is 9.88 Å². The third-order valence-corrected chi connectivity index (χ3v) is 7.55. The number of hydrogen-bond donors (Lipinski definition) is 2. The number of non-ortho nitro benzene ring substituents is 1. The molecule has 36 heavy (non-hydrogen) atoms. The predicted molar refractivity (Wildman–Crippen MR) is 125 cm³/mol. The number of rotatable bonds is 8. The molecule has 0 radical (unpaired) electrons. The molecule has 1 aromatic carbocycles. The van der Waals surface area contributed by atoms with Gasteiger partial charge in [0.15, 0.2) is 0 Å². The van der Waals surface area contributed by atoms with E-state index in [2.05, 4.69) is 4.72 Å². The highest BCUT2D eigenvalue weighted by molar-refractivity contribution is 7.87. The van der Waals surface area contributed by atoms with Crippen molar-refractivity contribution in [3.05, 3.63) is 51.2 Å². The summed E-state index contributed by atoms with van der Waals surface area (Å²) in [4.78, 5) is 52.2. The average molecular weight is 522 g/mol. The van der Waals surface area contributed by atoms with Crippen LogP contribution in [0.5, 0.6) is 0 Å². The fourth-order valence-corrected chi connectivity index (χ4v) is 5.80. The minimum atomic E-state index is -3.84. The van der Waals surface area contributed by atoms with Gasteiger partial charge in [-0.1, -0.05) is 20.8 Å². The standard InChI is InChI=1S/C22H27N5O8S/c1-11(2)17-18-12(3)16(10-25-8-14(9-25)24-36(23,33)34)19(26(18)20(17)28)22(30)35-21(29)13-4-6-15(7-5-13)27(31)32/h4-7,11-12,14,17-18,24H,8-10H2,1-3H3,(H2,23,33,34)/t12-,17+,18+/m0/s1. The van der Waals surface area contributed by atoms with E-state index in [1.165, 1.54) is 17.0 Å². The van der Waals surface area contributed by atoms with Crippen molar-refractivity contribution in [2.24, 2.45) is 22.9 Å². The Kier molecular flexibility index (Phi) is 6.72. The molecule has 3 atom stereocenters. The van der Waals surface area contributed by atoms with E-state index in [0.29, 0.717) is 18.7 Å². The molecule has 2 fully saturated rings. The minimum Gasteiger partial charge on any atom is -0.385 e. The summed E-state index contributed by atoms with van der Waals surface area (Å²) in [7, 11) is -3.84. The number of nitrogens with one attached hydrogen (secondary N) is 1. The Morgan fingerprint density at radius 1 is 1.22 bits per heavy atom. The maximum absolute atomic E-state index is 13.2. The number of esters is 2. The Morgan fingerprint density at radius 2 is 1.83 bits per heavy atom. The first-order valence-corrected chi connectivity index (χ1v) is 12.9. The molecule has 194 valence electrons. The van der Waals surface area contributed by atoms with Crippen LogP contribution >= 0.6 is 0 Å². The van der Waals surface area contributed by atoms with Crippen molar-refractivity contribution in [2.75, 3.05) is 19.6 Å². The smallest absolute Gasteiger partial charge is 0.362 e. The maximum Gasteiger partial charge on any atom is 0.362 e. The van der Waals surface area contributed by atoms with Crippen LogP contribution in [-0.4, -0.2) is 72.7 Å². The molecule has 0 bridgehead atoms. The van der Waals surface area contributed by atoms with Gasteiger partial charge < -0.3 is 9.64 Å². The summed E-state index contributed by atoms with van der Waals surface area (Å²) in [6.07, 6.45) is 0. The summed E-state index contributed by atoms with van der Waals surface area (Å²) in [5.41, 5.74) is 0.388. The molecule has 13 nitrogen and oxygen atoms in total. The van der Waals surface area contributed by atoms with E-state index < -0.39 is 27.1 Å². The number of β-lactam (4-membered cyclic amide) rings is 1. The number of carbonyl (C=O) groups excluding carboxylic acids is 3. The van der Waals surface area contributed by atoms with Gasteiger partial charge in [0.1, 0.15) is 5.70 Å². The van der Waals surface area contributed by atoms with Crippen molar-refractivity contribution in [1.82, 2.24) is 14.5 Å². The Hall–Kier alpha value is -3.20. The molecule has 3 N–H and O–H groups in total. The number of benzene rings is 1. The van der Waals surface area contributed by atoms with Crippen LogP contribution in [0.2, 0.25) is 0 Å². The zero-order chi connectivity index (χ0) is 26.5. The number of hydrogen-bond acceptors (Lipinski definition) is 9. The number of nitrogens with zero attached hydrogens (tertiary/aromatic N) is 3. The SMILES string of the molecule is CC(C)[C@H]1C(=O)N2C(C(=O)OC(=O)c3ccc([N+](=O)[O-])cc3)=C(CN3CC(NS(N)(=O)=O)C3)[C@H](C)[C@H]12. The molecular weight excluding hydrogens is 494 g/mol. The topological polar surface area (TPSA) is 182 Å². The van der Waals surface area contributed by atoms with E-state index in [-0.39, 0.29) is 59.2 Å². The molecule has 0 aromatic heterocycles. The van der Waals surface area contributed by atoms with Crippen LogP contribution in [0.4, 0.5) is 5.69 Å². The molecule has 1 aromatic rings. The van der Waals surface area contributed by atoms with E-state index in [1.807, 2.05) is 25.7 Å². The summed E-state index contributed by atoms with van der Waals surface area (Å²) in [6.45, 7) is 6.78. The quantitative estimate of drug-likeness (QED) is 0.158. The van der Waals surface area contributed by atoms with E-state index in [9.17, 15) is 32.9 Å². The summed E-state index contributed by atoms with van der Waals surface area (Å²) < 4.78 is 29.9. The summed E-state index contributed by atoms with van der Waals surface area (Å²) in [5.74, 6) is -2.60. The molecule has 1 amide bonds. The van der Waals surface area contributed by atoms with Gasteiger partial charge in [0, 0.05) is 43.7 Å². The second-order valence-electron chi connectivity index (χ2n) is 9.67. The van der Waals surface area contributed by atoms with Crippen LogP contribution in [0.15, 0.2) is 35.5 Å². The van der Waals surface area contributed by atoms with Gasteiger partial charge >= 0.3 is 11.9 Å². The minimum absolute atomic E-state index is 0.0208. The van der Waals surface area contributed by atoms with Gasteiger partial charge in [-0.3, -0.25) is 19.8 Å². The van der Waals surface area contributed by atoms with Gasteiger partial charge in [-0.2, -0.15) is 13.1 Å². The summed E-state index contributed by atoms with van der Waals surface area (Å²) >= 11 is 0. The summed E-state index contributed by atoms with van der Waals surface area (Å²) in [5, 5.41) is 15.9. The van der Waals surface area contributed by atoms with E-state index in [1.54, 1.807) is 0 Å². The Bertz CT molecular complexity index is 1250. The van der Waals surface area contributed by atoms with Crippen LogP contribution in [-0.2, 0) is 24.5 Å². The van der Waals surface area contributed by atoms with Crippen LogP contribution in [0.3, 0.4) is 0 Å². The predicted octanol–water partition coefficient (Wildman–Crippen LogP) is 0.142. The second kappa shape index (κ2) is 9.35. The molecular formula is C22H27N5O8S. The number of carbonyl (C=O) groups is 3. The van der Waals surface area contributed by atoms with Gasteiger partial charge in [0.2, 0.25) is 5.91 Å². The number of amides is 1. The van der Waals surface area contributed by atoms with Gasteiger partial charge in [0.25, 0.3) is 15.9 Å². The van der Waals surface area contributed by atoms with Crippen LogP contribution in [0.25, 0.3) is 0 Å². The van der Waals surface area contributed by atoms with Gasteiger partial charge in [-0.05, 0) is 23.6 Å². The first-order chi connectivity index (χ1) is 16.8. The highest BCUT2D eigenvalue weighted by Gasteiger charge is 2.59. The first-order valence-electron chi connectivity index (χ1n) is 11.4. The van der Waals surface area contributed by atoms with Gasteiger partial charge in [-0.25, -0.2) is 14.7 Å². The fraction of sp³-hybridized carbons (Fsp3) is 0.500. The van der Waals surface area contributed by atoms with E-state index in [0.717, 1.165) is 12.1 Å². The highest BCUT2D eigenvalue weighted by Crippen LogP contribution is 2.49. The lowest BCUT2D eigenvalue weighted by molar-refractivity contribution is -0.384. The van der Waals surface area contributed by atoms with Crippen molar-refractivity contribution in [2.45, 2.75) is 32.9 Å². The van der Waals surface area contributed by atoms with Crippen molar-refractivity contribution >= 4 is 33.7 Å². The number of fused-ring (bicyclic) bond motifs is 1. The average Bonchev–Trinajstić information content (AvgIpc) is 2.99. The molecule has 3 aliphatic heterocycles. The van der Waals surface area contributed by atoms with E-state index >= 15 is 0 Å². The maximum atomic E-state index is 13.2. The Labute approximate surface area is 207 Å². The zero-order valence-electron chi connectivity index (χ0n) is 19.9. The van der Waals surface area contributed by atoms with Crippen LogP contribution < -0.4 is 9.86 Å². The molecule has 3 aliphatic rings. The summed E-state index contributed by atoms with van der Waals surface area (Å²) in [6, 6.07) is 4.02. The number of nitro benzene ring substituents is 1. The highest BCUT2D eigenvalue weighted by atomic mass is 32.2. The Morgan fingerprint density at radius 3 is 2.36 bits per heavy atom. The molecule has 0 aliphatic carbocycles.